The molecule has 0 bridgehead atoms. The first-order valence-electron chi connectivity index (χ1n) is 5.61. The molecule has 0 aliphatic carbocycles. The fourth-order valence-corrected chi connectivity index (χ4v) is 3.84. The van der Waals surface area contributed by atoms with Crippen molar-refractivity contribution < 1.29 is 13.5 Å². The predicted molar refractivity (Wildman–Crippen MR) is 76.6 cm³/mol. The Morgan fingerprint density at radius 3 is 2.58 bits per heavy atom. The molecule has 0 spiro atoms. The highest BCUT2D eigenvalue weighted by atomic mass is 32.2. The van der Waals surface area contributed by atoms with Crippen LogP contribution >= 0.6 is 11.8 Å². The maximum Gasteiger partial charge on any atom is 0.246 e. The number of hydrogen-bond donors (Lipinski definition) is 3. The van der Waals surface area contributed by atoms with E-state index in [1.54, 1.807) is 20.9 Å². The SMILES string of the molecule is CSCC(C)(O)CNS(=O)(=O)c1c(N)nn(C)c1C. The van der Waals surface area contributed by atoms with Gasteiger partial charge in [0.2, 0.25) is 10.0 Å². The lowest BCUT2D eigenvalue weighted by Gasteiger charge is -2.22. The van der Waals surface area contributed by atoms with Crippen LogP contribution in [0.4, 0.5) is 5.82 Å². The van der Waals surface area contributed by atoms with E-state index in [0.717, 1.165) is 0 Å². The van der Waals surface area contributed by atoms with Gasteiger partial charge in [-0.2, -0.15) is 16.9 Å². The van der Waals surface area contributed by atoms with E-state index < -0.39 is 15.6 Å². The zero-order valence-electron chi connectivity index (χ0n) is 11.5. The fraction of sp³-hybridized carbons (Fsp3) is 0.700. The Labute approximate surface area is 117 Å². The molecule has 19 heavy (non-hydrogen) atoms. The van der Waals surface area contributed by atoms with Gasteiger partial charge >= 0.3 is 0 Å². The number of aromatic nitrogens is 2. The van der Waals surface area contributed by atoms with Gasteiger partial charge in [0, 0.05) is 19.3 Å². The molecule has 1 atom stereocenters. The number of sulfonamides is 1. The Hall–Kier alpha value is -0.770. The van der Waals surface area contributed by atoms with E-state index in [4.69, 9.17) is 5.73 Å². The Morgan fingerprint density at radius 1 is 1.58 bits per heavy atom. The second-order valence-electron chi connectivity index (χ2n) is 4.68. The molecule has 0 amide bonds. The number of nitrogens with two attached hydrogens (primary N) is 1. The van der Waals surface area contributed by atoms with Gasteiger partial charge in [-0.15, -0.1) is 0 Å². The molecular formula is C10H20N4O3S2. The summed E-state index contributed by atoms with van der Waals surface area (Å²) in [4.78, 5) is -0.0325. The van der Waals surface area contributed by atoms with Crippen LogP contribution in [0.25, 0.3) is 0 Å². The lowest BCUT2D eigenvalue weighted by molar-refractivity contribution is 0.0908. The first-order valence-corrected chi connectivity index (χ1v) is 8.48. The first kappa shape index (κ1) is 16.3. The van der Waals surface area contributed by atoms with Crippen molar-refractivity contribution in [3.63, 3.8) is 0 Å². The third kappa shape index (κ3) is 3.85. The molecule has 0 saturated heterocycles. The van der Waals surface area contributed by atoms with Gasteiger partial charge in [0.1, 0.15) is 4.90 Å². The minimum absolute atomic E-state index is 0.0325. The molecule has 7 nitrogen and oxygen atoms in total. The Balaban J connectivity index is 2.94. The normalized spacial score (nSPS) is 15.4. The summed E-state index contributed by atoms with van der Waals surface area (Å²) in [6, 6.07) is 0. The first-order chi connectivity index (χ1) is 8.60. The number of nitrogens with one attached hydrogen (secondary N) is 1. The van der Waals surface area contributed by atoms with Gasteiger partial charge in [-0.1, -0.05) is 0 Å². The Bertz CT molecular complexity index is 551. The van der Waals surface area contributed by atoms with Crippen LogP contribution in [0.1, 0.15) is 12.6 Å². The van der Waals surface area contributed by atoms with E-state index in [-0.39, 0.29) is 17.3 Å². The standard InChI is InChI=1S/C10H20N4O3S2/c1-7-8(9(11)13-14(7)3)19(16,17)12-5-10(2,15)6-18-4/h12,15H,5-6H2,1-4H3,(H2,11,13). The number of rotatable bonds is 6. The van der Waals surface area contributed by atoms with Crippen LogP contribution in [0.15, 0.2) is 4.90 Å². The fourth-order valence-electron chi connectivity index (χ4n) is 1.63. The van der Waals surface area contributed by atoms with Crippen LogP contribution in [0.3, 0.4) is 0 Å². The number of anilines is 1. The number of aryl methyl sites for hydroxylation is 1. The minimum Gasteiger partial charge on any atom is -0.388 e. The minimum atomic E-state index is -3.78. The average molecular weight is 308 g/mol. The van der Waals surface area contributed by atoms with Gasteiger partial charge in [-0.05, 0) is 20.1 Å². The Morgan fingerprint density at radius 2 is 2.16 bits per heavy atom. The molecule has 0 aliphatic heterocycles. The summed E-state index contributed by atoms with van der Waals surface area (Å²) in [7, 11) is -2.16. The highest BCUT2D eigenvalue weighted by Crippen LogP contribution is 2.21. The van der Waals surface area contributed by atoms with E-state index in [9.17, 15) is 13.5 Å². The van der Waals surface area contributed by atoms with E-state index in [0.29, 0.717) is 11.4 Å². The molecule has 1 unspecified atom stereocenters. The van der Waals surface area contributed by atoms with Gasteiger partial charge in [-0.25, -0.2) is 13.1 Å². The van der Waals surface area contributed by atoms with Crippen LogP contribution in [-0.2, 0) is 17.1 Å². The summed E-state index contributed by atoms with van der Waals surface area (Å²) in [6.45, 7) is 3.12. The van der Waals surface area contributed by atoms with Crippen molar-refractivity contribution >= 4 is 27.6 Å². The van der Waals surface area contributed by atoms with Gasteiger partial charge < -0.3 is 10.8 Å². The topological polar surface area (TPSA) is 110 Å². The molecule has 0 radical (unpaired) electrons. The molecule has 4 N–H and O–H groups in total. The number of thioether (sulfide) groups is 1. The van der Waals surface area contributed by atoms with Crippen molar-refractivity contribution in [3.05, 3.63) is 5.69 Å². The van der Waals surface area contributed by atoms with Crippen molar-refractivity contribution in [2.75, 3.05) is 24.3 Å². The largest absolute Gasteiger partial charge is 0.388 e. The quantitative estimate of drug-likeness (QED) is 0.666. The third-order valence-electron chi connectivity index (χ3n) is 2.67. The summed E-state index contributed by atoms with van der Waals surface area (Å²) in [5.74, 6) is 0.383. The van der Waals surface area contributed by atoms with Crippen LogP contribution in [-0.4, -0.2) is 47.5 Å². The van der Waals surface area contributed by atoms with E-state index >= 15 is 0 Å². The Kier molecular flexibility index (Phi) is 4.88. The van der Waals surface area contributed by atoms with Gasteiger partial charge in [0.15, 0.2) is 5.82 Å². The summed E-state index contributed by atoms with van der Waals surface area (Å²) in [5, 5.41) is 13.8. The van der Waals surface area contributed by atoms with Crippen LogP contribution in [0, 0.1) is 6.92 Å². The van der Waals surface area contributed by atoms with E-state index in [1.165, 1.54) is 16.4 Å². The summed E-state index contributed by atoms with van der Waals surface area (Å²) < 4.78 is 28.1. The number of aliphatic hydroxyl groups is 1. The van der Waals surface area contributed by atoms with Gasteiger partial charge in [0.25, 0.3) is 0 Å². The number of nitrogens with zero attached hydrogens (tertiary/aromatic N) is 2. The maximum atomic E-state index is 12.2. The van der Waals surface area contributed by atoms with Gasteiger partial charge in [-0.3, -0.25) is 4.68 Å². The lowest BCUT2D eigenvalue weighted by Crippen LogP contribution is -2.42. The van der Waals surface area contributed by atoms with Crippen molar-refractivity contribution in [3.8, 4) is 0 Å². The second-order valence-corrected chi connectivity index (χ2v) is 7.25. The molecule has 1 heterocycles. The molecule has 110 valence electrons. The molecule has 0 saturated carbocycles. The summed E-state index contributed by atoms with van der Waals surface area (Å²) in [5.41, 5.74) is 4.95. The molecule has 0 aliphatic rings. The van der Waals surface area contributed by atoms with Crippen LogP contribution < -0.4 is 10.5 Å². The summed E-state index contributed by atoms with van der Waals surface area (Å²) in [6.07, 6.45) is 1.84. The van der Waals surface area contributed by atoms with E-state index in [1.807, 2.05) is 6.26 Å². The zero-order valence-corrected chi connectivity index (χ0v) is 13.1. The predicted octanol–water partition coefficient (Wildman–Crippen LogP) is -0.297. The molecule has 9 heteroatoms. The second kappa shape index (κ2) is 5.70. The number of hydrogen-bond acceptors (Lipinski definition) is 6. The highest BCUT2D eigenvalue weighted by molar-refractivity contribution is 7.98. The highest BCUT2D eigenvalue weighted by Gasteiger charge is 2.28. The molecule has 1 aromatic rings. The van der Waals surface area contributed by atoms with Gasteiger partial charge in [0.05, 0.1) is 11.3 Å². The monoisotopic (exact) mass is 308 g/mol. The smallest absolute Gasteiger partial charge is 0.246 e. The molecule has 0 fully saturated rings. The maximum absolute atomic E-state index is 12.2. The molecule has 0 aromatic carbocycles. The zero-order chi connectivity index (χ0) is 14.8. The van der Waals surface area contributed by atoms with Crippen LogP contribution in [0.5, 0.6) is 0 Å². The average Bonchev–Trinajstić information content (AvgIpc) is 2.51. The molecule has 1 rings (SSSR count). The van der Waals surface area contributed by atoms with Crippen molar-refractivity contribution in [2.45, 2.75) is 24.3 Å². The van der Waals surface area contributed by atoms with E-state index in [2.05, 4.69) is 9.82 Å². The van der Waals surface area contributed by atoms with Crippen molar-refractivity contribution in [1.29, 1.82) is 0 Å². The van der Waals surface area contributed by atoms with Crippen LogP contribution in [0.2, 0.25) is 0 Å². The van der Waals surface area contributed by atoms with Crippen molar-refractivity contribution in [2.24, 2.45) is 7.05 Å². The molecular weight excluding hydrogens is 288 g/mol. The molecule has 1 aromatic heterocycles. The van der Waals surface area contributed by atoms with Crippen molar-refractivity contribution in [1.82, 2.24) is 14.5 Å². The third-order valence-corrected chi connectivity index (χ3v) is 5.15. The summed E-state index contributed by atoms with van der Waals surface area (Å²) >= 11 is 1.44. The lowest BCUT2D eigenvalue weighted by atomic mass is 10.1. The number of nitrogen functional groups attached to an aromatic ring is 1.